The quantitative estimate of drug-likeness (QED) is 0.879. The first-order valence-corrected chi connectivity index (χ1v) is 6.31. The summed E-state index contributed by atoms with van der Waals surface area (Å²) < 4.78 is 18.4. The molecule has 2 rings (SSSR count). The van der Waals surface area contributed by atoms with Gasteiger partial charge in [0, 0.05) is 18.7 Å². The van der Waals surface area contributed by atoms with E-state index in [1.54, 1.807) is 6.07 Å². The molecule has 0 bridgehead atoms. The number of aromatic nitrogens is 2. The molecule has 2 aromatic rings. The molecule has 0 saturated heterocycles. The van der Waals surface area contributed by atoms with E-state index >= 15 is 0 Å². The van der Waals surface area contributed by atoms with Crippen LogP contribution >= 0.6 is 0 Å². The molecule has 0 saturated carbocycles. The van der Waals surface area contributed by atoms with E-state index in [0.717, 1.165) is 17.8 Å². The maximum Gasteiger partial charge on any atom is 0.145 e. The van der Waals surface area contributed by atoms with Crippen molar-refractivity contribution in [3.63, 3.8) is 0 Å². The topological polar surface area (TPSA) is 59.1 Å². The number of halogens is 1. The molecule has 0 spiro atoms. The van der Waals surface area contributed by atoms with E-state index in [-0.39, 0.29) is 5.82 Å². The molecule has 1 aromatic carbocycles. The van der Waals surface area contributed by atoms with E-state index in [9.17, 15) is 4.39 Å². The zero-order valence-electron chi connectivity index (χ0n) is 11.7. The van der Waals surface area contributed by atoms with Gasteiger partial charge < -0.3 is 15.4 Å². The van der Waals surface area contributed by atoms with Crippen molar-refractivity contribution in [1.82, 2.24) is 9.97 Å². The number of anilines is 3. The second-order valence-electron chi connectivity index (χ2n) is 4.12. The van der Waals surface area contributed by atoms with E-state index in [1.807, 2.05) is 14.0 Å². The molecule has 2 N–H and O–H groups in total. The minimum absolute atomic E-state index is 0.346. The summed E-state index contributed by atoms with van der Waals surface area (Å²) in [6.45, 7) is 2.02. The average molecular weight is 276 g/mol. The van der Waals surface area contributed by atoms with Gasteiger partial charge in [0.15, 0.2) is 0 Å². The first kappa shape index (κ1) is 14.0. The Morgan fingerprint density at radius 1 is 1.25 bits per heavy atom. The van der Waals surface area contributed by atoms with Crippen LogP contribution in [0.25, 0.3) is 0 Å². The van der Waals surface area contributed by atoms with Crippen LogP contribution in [0.5, 0.6) is 5.75 Å². The van der Waals surface area contributed by atoms with Gasteiger partial charge in [-0.1, -0.05) is 6.92 Å². The maximum absolute atomic E-state index is 13.2. The number of methoxy groups -OCH3 is 1. The molecule has 20 heavy (non-hydrogen) atoms. The van der Waals surface area contributed by atoms with Gasteiger partial charge in [-0.3, -0.25) is 0 Å². The van der Waals surface area contributed by atoms with Gasteiger partial charge in [-0.2, -0.15) is 0 Å². The Kier molecular flexibility index (Phi) is 4.34. The van der Waals surface area contributed by atoms with E-state index in [1.165, 1.54) is 25.6 Å². The van der Waals surface area contributed by atoms with Gasteiger partial charge in [0.2, 0.25) is 0 Å². The summed E-state index contributed by atoms with van der Waals surface area (Å²) in [5.74, 6) is 1.53. The van der Waals surface area contributed by atoms with Crippen molar-refractivity contribution in [2.45, 2.75) is 13.3 Å². The molecular weight excluding hydrogens is 259 g/mol. The van der Waals surface area contributed by atoms with Crippen LogP contribution in [0.1, 0.15) is 12.5 Å². The molecule has 0 unspecified atom stereocenters. The van der Waals surface area contributed by atoms with Gasteiger partial charge in [-0.05, 0) is 18.6 Å². The fraction of sp³-hybridized carbons (Fsp3) is 0.286. The van der Waals surface area contributed by atoms with E-state index in [2.05, 4.69) is 20.6 Å². The van der Waals surface area contributed by atoms with Crippen molar-refractivity contribution >= 4 is 17.3 Å². The van der Waals surface area contributed by atoms with Crippen LogP contribution in [0.3, 0.4) is 0 Å². The van der Waals surface area contributed by atoms with Gasteiger partial charge in [0.05, 0.1) is 12.8 Å². The Hall–Kier alpha value is -2.37. The first-order valence-electron chi connectivity index (χ1n) is 6.31. The van der Waals surface area contributed by atoms with Crippen molar-refractivity contribution in [2.24, 2.45) is 0 Å². The van der Waals surface area contributed by atoms with Crippen LogP contribution in [-0.2, 0) is 6.42 Å². The lowest BCUT2D eigenvalue weighted by molar-refractivity contribution is 0.413. The zero-order valence-corrected chi connectivity index (χ0v) is 11.7. The van der Waals surface area contributed by atoms with Crippen LogP contribution in [0.2, 0.25) is 0 Å². The number of ether oxygens (including phenoxy) is 1. The van der Waals surface area contributed by atoms with E-state index < -0.39 is 0 Å². The lowest BCUT2D eigenvalue weighted by Crippen LogP contribution is -2.05. The Morgan fingerprint density at radius 3 is 2.65 bits per heavy atom. The Bertz CT molecular complexity index is 604. The van der Waals surface area contributed by atoms with Gasteiger partial charge in [0.25, 0.3) is 0 Å². The largest absolute Gasteiger partial charge is 0.494 e. The predicted octanol–water partition coefficient (Wildman–Crippen LogP) is 2.97. The highest BCUT2D eigenvalue weighted by molar-refractivity contribution is 5.69. The van der Waals surface area contributed by atoms with Crippen molar-refractivity contribution in [3.05, 3.63) is 35.9 Å². The Labute approximate surface area is 117 Å². The first-order chi connectivity index (χ1) is 9.69. The molecule has 0 aliphatic heterocycles. The second-order valence-corrected chi connectivity index (χ2v) is 4.12. The lowest BCUT2D eigenvalue weighted by Gasteiger charge is -2.14. The van der Waals surface area contributed by atoms with E-state index in [4.69, 9.17) is 4.74 Å². The summed E-state index contributed by atoms with van der Waals surface area (Å²) in [5.41, 5.74) is 1.62. The third kappa shape index (κ3) is 2.79. The highest BCUT2D eigenvalue weighted by atomic mass is 19.1. The lowest BCUT2D eigenvalue weighted by atomic mass is 10.2. The normalized spacial score (nSPS) is 10.2. The van der Waals surface area contributed by atoms with Crippen LogP contribution in [0.15, 0.2) is 24.5 Å². The molecule has 1 heterocycles. The second kappa shape index (κ2) is 6.18. The molecule has 0 aliphatic carbocycles. The van der Waals surface area contributed by atoms with Crippen molar-refractivity contribution in [3.8, 4) is 5.75 Å². The summed E-state index contributed by atoms with van der Waals surface area (Å²) in [5, 5.41) is 6.19. The Morgan fingerprint density at radius 2 is 2.00 bits per heavy atom. The fourth-order valence-corrected chi connectivity index (χ4v) is 1.97. The molecule has 0 fully saturated rings. The summed E-state index contributed by atoms with van der Waals surface area (Å²) in [7, 11) is 3.31. The number of hydrogen-bond acceptors (Lipinski definition) is 5. The van der Waals surface area contributed by atoms with Crippen LogP contribution < -0.4 is 15.4 Å². The van der Waals surface area contributed by atoms with Crippen LogP contribution in [0.4, 0.5) is 21.7 Å². The predicted molar refractivity (Wildman–Crippen MR) is 77.2 cm³/mol. The van der Waals surface area contributed by atoms with E-state index in [0.29, 0.717) is 17.3 Å². The minimum atomic E-state index is -0.346. The third-order valence-corrected chi connectivity index (χ3v) is 2.95. The minimum Gasteiger partial charge on any atom is -0.494 e. The highest BCUT2D eigenvalue weighted by Crippen LogP contribution is 2.30. The number of nitrogens with one attached hydrogen (secondary N) is 2. The van der Waals surface area contributed by atoms with Crippen LogP contribution in [-0.4, -0.2) is 24.1 Å². The van der Waals surface area contributed by atoms with Gasteiger partial charge in [-0.25, -0.2) is 14.4 Å². The summed E-state index contributed by atoms with van der Waals surface area (Å²) >= 11 is 0. The Balaban J connectivity index is 2.39. The molecule has 0 amide bonds. The van der Waals surface area contributed by atoms with Crippen molar-refractivity contribution in [2.75, 3.05) is 24.8 Å². The molecule has 0 atom stereocenters. The van der Waals surface area contributed by atoms with Gasteiger partial charge >= 0.3 is 0 Å². The third-order valence-electron chi connectivity index (χ3n) is 2.95. The smallest absolute Gasteiger partial charge is 0.145 e. The summed E-state index contributed by atoms with van der Waals surface area (Å²) in [6, 6.07) is 4.32. The summed E-state index contributed by atoms with van der Waals surface area (Å²) in [6.07, 6.45) is 2.24. The highest BCUT2D eigenvalue weighted by Gasteiger charge is 2.11. The molecule has 6 heteroatoms. The standard InChI is InChI=1S/C14H17FN4O/c1-4-10-13(16-2)17-8-18-14(10)19-11-6-5-9(15)7-12(11)20-3/h5-8H,4H2,1-3H3,(H2,16,17,18,19). The molecule has 0 radical (unpaired) electrons. The molecule has 0 aliphatic rings. The number of nitrogens with zero attached hydrogens (tertiary/aromatic N) is 2. The molecular formula is C14H17FN4O. The number of hydrogen-bond donors (Lipinski definition) is 2. The zero-order chi connectivity index (χ0) is 14.5. The number of rotatable bonds is 5. The van der Waals surface area contributed by atoms with Gasteiger partial charge in [0.1, 0.15) is 29.5 Å². The monoisotopic (exact) mass is 276 g/mol. The van der Waals surface area contributed by atoms with Gasteiger partial charge in [-0.15, -0.1) is 0 Å². The number of benzene rings is 1. The maximum atomic E-state index is 13.2. The summed E-state index contributed by atoms with van der Waals surface area (Å²) in [4.78, 5) is 8.41. The average Bonchev–Trinajstić information content (AvgIpc) is 2.48. The fourth-order valence-electron chi connectivity index (χ4n) is 1.97. The molecule has 1 aromatic heterocycles. The van der Waals surface area contributed by atoms with Crippen LogP contribution in [0, 0.1) is 5.82 Å². The van der Waals surface area contributed by atoms with Crippen molar-refractivity contribution in [1.29, 1.82) is 0 Å². The SMILES string of the molecule is CCc1c(NC)ncnc1Nc1ccc(F)cc1OC. The van der Waals surface area contributed by atoms with Crippen molar-refractivity contribution < 1.29 is 9.13 Å². The molecule has 5 nitrogen and oxygen atoms in total. The molecule has 106 valence electrons.